The number of nitrogens with zero attached hydrogens (tertiary/aromatic N) is 1. The van der Waals surface area contributed by atoms with Crippen LogP contribution >= 0.6 is 0 Å². The molecular formula is C21H24FNO3. The fourth-order valence-electron chi connectivity index (χ4n) is 3.29. The van der Waals surface area contributed by atoms with Gasteiger partial charge >= 0.3 is 5.97 Å². The maximum Gasteiger partial charge on any atom is 0.338 e. The standard InChI is InChI=1S/C21H24FNO3/c1-3-25-17-9-10-18(22)19(13-17)23-12-11-20(15(2)14-23)26-21(24)16-7-5-4-6-8-16/h4-10,13,15,20H,3,11-12,14H2,1-2H3. The zero-order chi connectivity index (χ0) is 18.5. The number of hydrogen-bond donors (Lipinski definition) is 0. The predicted molar refractivity (Wildman–Crippen MR) is 99.2 cm³/mol. The van der Waals surface area contributed by atoms with Crippen LogP contribution in [0.4, 0.5) is 10.1 Å². The Kier molecular flexibility index (Phi) is 5.76. The van der Waals surface area contributed by atoms with Gasteiger partial charge in [0.05, 0.1) is 17.9 Å². The molecule has 1 heterocycles. The Balaban J connectivity index is 1.65. The van der Waals surface area contributed by atoms with E-state index in [0.29, 0.717) is 43.1 Å². The Hall–Kier alpha value is -2.56. The van der Waals surface area contributed by atoms with E-state index in [-0.39, 0.29) is 23.8 Å². The molecule has 4 nitrogen and oxygen atoms in total. The Labute approximate surface area is 153 Å². The molecule has 2 aromatic rings. The molecule has 0 saturated carbocycles. The third kappa shape index (κ3) is 4.15. The van der Waals surface area contributed by atoms with Crippen molar-refractivity contribution in [1.29, 1.82) is 0 Å². The lowest BCUT2D eigenvalue weighted by Crippen LogP contribution is -2.44. The summed E-state index contributed by atoms with van der Waals surface area (Å²) in [5.41, 5.74) is 1.09. The summed E-state index contributed by atoms with van der Waals surface area (Å²) in [6, 6.07) is 13.8. The van der Waals surface area contributed by atoms with Crippen LogP contribution in [-0.2, 0) is 4.74 Å². The van der Waals surface area contributed by atoms with Gasteiger partial charge in [0.25, 0.3) is 0 Å². The second-order valence-electron chi connectivity index (χ2n) is 6.57. The third-order valence-electron chi connectivity index (χ3n) is 4.66. The quantitative estimate of drug-likeness (QED) is 0.748. The minimum absolute atomic E-state index is 0.103. The molecule has 1 saturated heterocycles. The number of carbonyl (C=O) groups is 1. The molecule has 3 rings (SSSR count). The summed E-state index contributed by atoms with van der Waals surface area (Å²) < 4.78 is 25.4. The van der Waals surface area contributed by atoms with E-state index in [1.54, 1.807) is 24.3 Å². The summed E-state index contributed by atoms with van der Waals surface area (Å²) in [5, 5.41) is 0. The van der Waals surface area contributed by atoms with Gasteiger partial charge in [-0.3, -0.25) is 0 Å². The van der Waals surface area contributed by atoms with Gasteiger partial charge in [0, 0.05) is 31.5 Å². The summed E-state index contributed by atoms with van der Waals surface area (Å²) in [4.78, 5) is 14.3. The average molecular weight is 357 g/mol. The number of esters is 1. The molecule has 0 bridgehead atoms. The first-order valence-corrected chi connectivity index (χ1v) is 9.01. The van der Waals surface area contributed by atoms with Crippen LogP contribution in [0.15, 0.2) is 48.5 Å². The smallest absolute Gasteiger partial charge is 0.338 e. The van der Waals surface area contributed by atoms with Crippen LogP contribution in [0, 0.1) is 11.7 Å². The summed E-state index contributed by atoms with van der Waals surface area (Å²) >= 11 is 0. The topological polar surface area (TPSA) is 38.8 Å². The van der Waals surface area contributed by atoms with Crippen LogP contribution in [0.1, 0.15) is 30.6 Å². The van der Waals surface area contributed by atoms with Crippen molar-refractivity contribution in [3.8, 4) is 5.75 Å². The molecule has 1 aliphatic rings. The first kappa shape index (κ1) is 18.2. The van der Waals surface area contributed by atoms with Crippen LogP contribution < -0.4 is 9.64 Å². The number of hydrogen-bond acceptors (Lipinski definition) is 4. The molecule has 2 aromatic carbocycles. The number of carbonyl (C=O) groups excluding carboxylic acids is 1. The van der Waals surface area contributed by atoms with Gasteiger partial charge in [-0.05, 0) is 31.2 Å². The summed E-state index contributed by atoms with van der Waals surface area (Å²) in [5.74, 6) is 0.196. The Bertz CT molecular complexity index is 750. The van der Waals surface area contributed by atoms with Gasteiger partial charge in [-0.2, -0.15) is 0 Å². The van der Waals surface area contributed by atoms with Gasteiger partial charge < -0.3 is 14.4 Å². The molecule has 0 N–H and O–H groups in total. The van der Waals surface area contributed by atoms with E-state index in [1.165, 1.54) is 6.07 Å². The Morgan fingerprint density at radius 2 is 2.00 bits per heavy atom. The van der Waals surface area contributed by atoms with Gasteiger partial charge in [0.2, 0.25) is 0 Å². The Morgan fingerprint density at radius 1 is 1.23 bits per heavy atom. The van der Waals surface area contributed by atoms with Crippen molar-refractivity contribution in [2.24, 2.45) is 5.92 Å². The minimum Gasteiger partial charge on any atom is -0.494 e. The second-order valence-corrected chi connectivity index (χ2v) is 6.57. The van der Waals surface area contributed by atoms with Gasteiger partial charge in [-0.25, -0.2) is 9.18 Å². The molecule has 0 radical (unpaired) electrons. The van der Waals surface area contributed by atoms with E-state index in [4.69, 9.17) is 9.47 Å². The highest BCUT2D eigenvalue weighted by Crippen LogP contribution is 2.30. The molecule has 2 unspecified atom stereocenters. The maximum absolute atomic E-state index is 14.3. The summed E-state index contributed by atoms with van der Waals surface area (Å²) in [6.45, 7) is 5.72. The summed E-state index contributed by atoms with van der Waals surface area (Å²) in [7, 11) is 0. The zero-order valence-corrected chi connectivity index (χ0v) is 15.2. The first-order chi connectivity index (χ1) is 12.6. The number of piperidine rings is 1. The lowest BCUT2D eigenvalue weighted by molar-refractivity contribution is 0.0106. The van der Waals surface area contributed by atoms with Crippen LogP contribution in [0.5, 0.6) is 5.75 Å². The molecule has 26 heavy (non-hydrogen) atoms. The lowest BCUT2D eigenvalue weighted by atomic mass is 9.95. The SMILES string of the molecule is CCOc1ccc(F)c(N2CCC(OC(=O)c3ccccc3)C(C)C2)c1. The zero-order valence-electron chi connectivity index (χ0n) is 15.2. The van der Waals surface area contributed by atoms with E-state index >= 15 is 0 Å². The molecule has 0 aliphatic carbocycles. The first-order valence-electron chi connectivity index (χ1n) is 9.01. The number of ether oxygens (including phenoxy) is 2. The number of rotatable bonds is 5. The van der Waals surface area contributed by atoms with Crippen molar-refractivity contribution in [2.75, 3.05) is 24.6 Å². The highest BCUT2D eigenvalue weighted by atomic mass is 19.1. The lowest BCUT2D eigenvalue weighted by Gasteiger charge is -2.38. The third-order valence-corrected chi connectivity index (χ3v) is 4.66. The van der Waals surface area contributed by atoms with Crippen LogP contribution in [0.3, 0.4) is 0 Å². The molecule has 2 atom stereocenters. The van der Waals surface area contributed by atoms with Crippen molar-refractivity contribution in [2.45, 2.75) is 26.4 Å². The van der Waals surface area contributed by atoms with E-state index in [9.17, 15) is 9.18 Å². The Morgan fingerprint density at radius 3 is 2.69 bits per heavy atom. The number of benzene rings is 2. The fourth-order valence-corrected chi connectivity index (χ4v) is 3.29. The van der Waals surface area contributed by atoms with Crippen molar-refractivity contribution in [3.05, 3.63) is 59.9 Å². The maximum atomic E-state index is 14.3. The van der Waals surface area contributed by atoms with Gasteiger partial charge in [0.1, 0.15) is 17.7 Å². The predicted octanol–water partition coefficient (Wildman–Crippen LogP) is 4.30. The van der Waals surface area contributed by atoms with E-state index in [0.717, 1.165) is 0 Å². The summed E-state index contributed by atoms with van der Waals surface area (Å²) in [6.07, 6.45) is 0.495. The highest BCUT2D eigenvalue weighted by molar-refractivity contribution is 5.89. The average Bonchev–Trinajstić information content (AvgIpc) is 2.66. The van der Waals surface area contributed by atoms with Crippen molar-refractivity contribution < 1.29 is 18.7 Å². The monoisotopic (exact) mass is 357 g/mol. The largest absolute Gasteiger partial charge is 0.494 e. The van der Waals surface area contributed by atoms with Crippen LogP contribution in [0.25, 0.3) is 0 Å². The second kappa shape index (κ2) is 8.21. The van der Waals surface area contributed by atoms with E-state index in [1.807, 2.05) is 36.9 Å². The molecule has 0 aromatic heterocycles. The normalized spacial score (nSPS) is 19.9. The molecule has 0 amide bonds. The molecule has 1 aliphatic heterocycles. The molecule has 138 valence electrons. The molecule has 5 heteroatoms. The van der Waals surface area contributed by atoms with Crippen LogP contribution in [0.2, 0.25) is 0 Å². The minimum atomic E-state index is -0.305. The van der Waals surface area contributed by atoms with Gasteiger partial charge in [0.15, 0.2) is 0 Å². The number of halogens is 1. The van der Waals surface area contributed by atoms with E-state index < -0.39 is 0 Å². The van der Waals surface area contributed by atoms with Crippen molar-refractivity contribution in [3.63, 3.8) is 0 Å². The molecule has 0 spiro atoms. The molecular weight excluding hydrogens is 333 g/mol. The van der Waals surface area contributed by atoms with Gasteiger partial charge in [-0.15, -0.1) is 0 Å². The van der Waals surface area contributed by atoms with Crippen molar-refractivity contribution >= 4 is 11.7 Å². The number of anilines is 1. The van der Waals surface area contributed by atoms with Crippen molar-refractivity contribution in [1.82, 2.24) is 0 Å². The fraction of sp³-hybridized carbons (Fsp3) is 0.381. The molecule has 1 fully saturated rings. The van der Waals surface area contributed by atoms with Crippen LogP contribution in [-0.4, -0.2) is 31.8 Å². The van der Waals surface area contributed by atoms with E-state index in [2.05, 4.69) is 0 Å². The highest BCUT2D eigenvalue weighted by Gasteiger charge is 2.30. The van der Waals surface area contributed by atoms with Gasteiger partial charge in [-0.1, -0.05) is 25.1 Å².